The van der Waals surface area contributed by atoms with Crippen LogP contribution in [-0.2, 0) is 13.1 Å². The zero-order valence-electron chi connectivity index (χ0n) is 14.0. The van der Waals surface area contributed by atoms with Gasteiger partial charge in [0.1, 0.15) is 18.0 Å². The lowest BCUT2D eigenvalue weighted by Crippen LogP contribution is -2.05. The summed E-state index contributed by atoms with van der Waals surface area (Å²) < 4.78 is 0. The lowest BCUT2D eigenvalue weighted by atomic mass is 10.1. The number of hydrogen-bond acceptors (Lipinski definition) is 6. The van der Waals surface area contributed by atoms with Crippen LogP contribution in [0.5, 0.6) is 0 Å². The highest BCUT2D eigenvalue weighted by Gasteiger charge is 2.01. The SMILES string of the molecule is N#Cc1ccc(CNc2cc(NCc3ccc(C#N)cc3)ncn2)cc1. The summed E-state index contributed by atoms with van der Waals surface area (Å²) in [6.45, 7) is 1.22. The monoisotopic (exact) mass is 340 g/mol. The summed E-state index contributed by atoms with van der Waals surface area (Å²) in [6.07, 6.45) is 1.50. The van der Waals surface area contributed by atoms with E-state index in [4.69, 9.17) is 10.5 Å². The Kier molecular flexibility index (Phi) is 5.39. The normalized spacial score (nSPS) is 9.77. The molecule has 6 heteroatoms. The molecule has 0 aliphatic carbocycles. The van der Waals surface area contributed by atoms with Crippen LogP contribution in [0.15, 0.2) is 60.9 Å². The van der Waals surface area contributed by atoms with Crippen molar-refractivity contribution < 1.29 is 0 Å². The van der Waals surface area contributed by atoms with E-state index in [0.717, 1.165) is 11.1 Å². The maximum atomic E-state index is 8.82. The van der Waals surface area contributed by atoms with Gasteiger partial charge in [-0.3, -0.25) is 0 Å². The summed E-state index contributed by atoms with van der Waals surface area (Å²) in [4.78, 5) is 8.43. The number of nitrogens with one attached hydrogen (secondary N) is 2. The van der Waals surface area contributed by atoms with Gasteiger partial charge in [0.05, 0.1) is 23.3 Å². The van der Waals surface area contributed by atoms with E-state index in [1.54, 1.807) is 24.3 Å². The molecule has 0 aliphatic heterocycles. The Labute approximate surface area is 151 Å². The molecule has 0 fully saturated rings. The van der Waals surface area contributed by atoms with E-state index >= 15 is 0 Å². The minimum Gasteiger partial charge on any atom is -0.366 e. The largest absolute Gasteiger partial charge is 0.366 e. The average molecular weight is 340 g/mol. The van der Waals surface area contributed by atoms with E-state index < -0.39 is 0 Å². The second kappa shape index (κ2) is 8.27. The Morgan fingerprint density at radius 3 is 1.50 bits per heavy atom. The molecule has 3 rings (SSSR count). The lowest BCUT2D eigenvalue weighted by molar-refractivity contribution is 1.05. The number of aromatic nitrogens is 2. The molecule has 1 aromatic heterocycles. The summed E-state index contributed by atoms with van der Waals surface area (Å²) >= 11 is 0. The van der Waals surface area contributed by atoms with Crippen LogP contribution in [0.3, 0.4) is 0 Å². The van der Waals surface area contributed by atoms with Gasteiger partial charge in [-0.25, -0.2) is 9.97 Å². The van der Waals surface area contributed by atoms with Crippen LogP contribution in [0.25, 0.3) is 0 Å². The van der Waals surface area contributed by atoms with Gasteiger partial charge in [0.25, 0.3) is 0 Å². The number of anilines is 2. The number of nitrogens with zero attached hydrogens (tertiary/aromatic N) is 4. The molecular weight excluding hydrogens is 324 g/mol. The van der Waals surface area contributed by atoms with Crippen LogP contribution in [0.1, 0.15) is 22.3 Å². The van der Waals surface area contributed by atoms with Crippen LogP contribution >= 0.6 is 0 Å². The van der Waals surface area contributed by atoms with E-state index in [1.807, 2.05) is 30.3 Å². The molecule has 0 spiro atoms. The fourth-order valence-corrected chi connectivity index (χ4v) is 2.33. The van der Waals surface area contributed by atoms with Gasteiger partial charge in [-0.2, -0.15) is 10.5 Å². The number of nitriles is 2. The molecular formula is C20H16N6. The number of benzene rings is 2. The molecule has 26 heavy (non-hydrogen) atoms. The second-order valence-electron chi connectivity index (χ2n) is 5.61. The van der Waals surface area contributed by atoms with Gasteiger partial charge >= 0.3 is 0 Å². The van der Waals surface area contributed by atoms with Crippen molar-refractivity contribution in [3.8, 4) is 12.1 Å². The van der Waals surface area contributed by atoms with Crippen molar-refractivity contribution in [1.29, 1.82) is 10.5 Å². The third-order valence-electron chi connectivity index (χ3n) is 3.78. The van der Waals surface area contributed by atoms with Crippen molar-refractivity contribution in [3.63, 3.8) is 0 Å². The Morgan fingerprint density at radius 2 is 1.12 bits per heavy atom. The van der Waals surface area contributed by atoms with Crippen molar-refractivity contribution >= 4 is 11.6 Å². The summed E-state index contributed by atoms with van der Waals surface area (Å²) in [5.74, 6) is 1.43. The van der Waals surface area contributed by atoms with Crippen molar-refractivity contribution in [1.82, 2.24) is 9.97 Å². The molecule has 1 heterocycles. The molecule has 0 atom stereocenters. The van der Waals surface area contributed by atoms with Crippen LogP contribution in [-0.4, -0.2) is 9.97 Å². The van der Waals surface area contributed by atoms with Crippen LogP contribution in [0.4, 0.5) is 11.6 Å². The van der Waals surface area contributed by atoms with E-state index in [2.05, 4.69) is 32.7 Å². The second-order valence-corrected chi connectivity index (χ2v) is 5.61. The highest BCUT2D eigenvalue weighted by Crippen LogP contribution is 2.12. The van der Waals surface area contributed by atoms with Crippen molar-refractivity contribution in [2.24, 2.45) is 0 Å². The standard InChI is InChI=1S/C20H16N6/c21-10-15-1-5-17(6-2-15)12-23-19-9-20(26-14-25-19)24-13-18-7-3-16(11-22)4-8-18/h1-9,14H,12-13H2,(H2,23,24,25,26). The fraction of sp³-hybridized carbons (Fsp3) is 0.100. The Balaban J connectivity index is 1.57. The fourth-order valence-electron chi connectivity index (χ4n) is 2.33. The van der Waals surface area contributed by atoms with Gasteiger partial charge in [0.2, 0.25) is 0 Å². The van der Waals surface area contributed by atoms with Crippen LogP contribution < -0.4 is 10.6 Å². The van der Waals surface area contributed by atoms with E-state index in [9.17, 15) is 0 Å². The number of hydrogen-bond donors (Lipinski definition) is 2. The number of rotatable bonds is 6. The van der Waals surface area contributed by atoms with Gasteiger partial charge in [-0.15, -0.1) is 0 Å². The predicted octanol–water partition coefficient (Wildman–Crippen LogP) is 3.44. The molecule has 0 saturated carbocycles. The summed E-state index contributed by atoms with van der Waals surface area (Å²) in [5, 5.41) is 24.1. The first-order valence-corrected chi connectivity index (χ1v) is 8.05. The summed E-state index contributed by atoms with van der Waals surface area (Å²) in [7, 11) is 0. The molecule has 2 aromatic carbocycles. The molecule has 126 valence electrons. The molecule has 0 saturated heterocycles. The first kappa shape index (κ1) is 16.9. The molecule has 0 radical (unpaired) electrons. The zero-order chi connectivity index (χ0) is 18.2. The van der Waals surface area contributed by atoms with Crippen molar-refractivity contribution in [2.45, 2.75) is 13.1 Å². The molecule has 0 amide bonds. The Hall–Kier alpha value is -3.90. The molecule has 3 aromatic rings. The molecule has 0 unspecified atom stereocenters. The van der Waals surface area contributed by atoms with Gasteiger partial charge in [0.15, 0.2) is 0 Å². The minimum atomic E-state index is 0.609. The van der Waals surface area contributed by atoms with Crippen LogP contribution in [0.2, 0.25) is 0 Å². The topological polar surface area (TPSA) is 97.4 Å². The molecule has 0 aliphatic rings. The molecule has 0 bridgehead atoms. The van der Waals surface area contributed by atoms with E-state index in [-0.39, 0.29) is 0 Å². The maximum Gasteiger partial charge on any atom is 0.131 e. The predicted molar refractivity (Wildman–Crippen MR) is 99.0 cm³/mol. The quantitative estimate of drug-likeness (QED) is 0.713. The summed E-state index contributed by atoms with van der Waals surface area (Å²) in [6, 6.07) is 20.9. The maximum absolute atomic E-state index is 8.82. The van der Waals surface area contributed by atoms with E-state index in [0.29, 0.717) is 35.9 Å². The highest BCUT2D eigenvalue weighted by molar-refractivity contribution is 5.47. The van der Waals surface area contributed by atoms with Gasteiger partial charge in [-0.05, 0) is 35.4 Å². The smallest absolute Gasteiger partial charge is 0.131 e. The zero-order valence-corrected chi connectivity index (χ0v) is 14.0. The van der Waals surface area contributed by atoms with Crippen molar-refractivity contribution in [2.75, 3.05) is 10.6 Å². The van der Waals surface area contributed by atoms with Gasteiger partial charge < -0.3 is 10.6 Å². The summed E-state index contributed by atoms with van der Waals surface area (Å²) in [5.41, 5.74) is 3.42. The van der Waals surface area contributed by atoms with Gasteiger partial charge in [0, 0.05) is 19.2 Å². The average Bonchev–Trinajstić information content (AvgIpc) is 2.72. The van der Waals surface area contributed by atoms with E-state index in [1.165, 1.54) is 6.33 Å². The lowest BCUT2D eigenvalue weighted by Gasteiger charge is -2.09. The molecule has 6 nitrogen and oxygen atoms in total. The highest BCUT2D eigenvalue weighted by atomic mass is 15.1. The van der Waals surface area contributed by atoms with Crippen LogP contribution in [0, 0.1) is 22.7 Å². The first-order chi connectivity index (χ1) is 12.8. The minimum absolute atomic E-state index is 0.609. The van der Waals surface area contributed by atoms with Crippen molar-refractivity contribution in [3.05, 3.63) is 83.2 Å². The third-order valence-corrected chi connectivity index (χ3v) is 3.78. The Bertz CT molecular complexity index is 873. The molecule has 2 N–H and O–H groups in total. The van der Waals surface area contributed by atoms with Gasteiger partial charge in [-0.1, -0.05) is 24.3 Å². The first-order valence-electron chi connectivity index (χ1n) is 8.05. The Morgan fingerprint density at radius 1 is 0.692 bits per heavy atom. The third kappa shape index (κ3) is 4.56.